The van der Waals surface area contributed by atoms with Crippen LogP contribution in [0.25, 0.3) is 0 Å². The average molecular weight is 325 g/mol. The van der Waals surface area contributed by atoms with Gasteiger partial charge in [-0.25, -0.2) is 4.79 Å². The average Bonchev–Trinajstić information content (AvgIpc) is 2.95. The van der Waals surface area contributed by atoms with Gasteiger partial charge in [-0.3, -0.25) is 4.79 Å². The van der Waals surface area contributed by atoms with E-state index in [1.165, 1.54) is 7.11 Å². The molecule has 0 saturated heterocycles. The van der Waals surface area contributed by atoms with Gasteiger partial charge >= 0.3 is 5.97 Å². The molecule has 0 spiro atoms. The Morgan fingerprint density at radius 3 is 2.75 bits per heavy atom. The van der Waals surface area contributed by atoms with E-state index >= 15 is 0 Å². The number of hydrogen-bond acceptors (Lipinski definition) is 4. The molecule has 0 unspecified atom stereocenters. The van der Waals surface area contributed by atoms with Crippen molar-refractivity contribution in [2.24, 2.45) is 0 Å². The van der Waals surface area contributed by atoms with E-state index in [-0.39, 0.29) is 18.6 Å². The van der Waals surface area contributed by atoms with Gasteiger partial charge in [0.2, 0.25) is 0 Å². The molecule has 0 aromatic heterocycles. The van der Waals surface area contributed by atoms with Crippen molar-refractivity contribution in [1.29, 1.82) is 0 Å². The Morgan fingerprint density at radius 2 is 1.96 bits per heavy atom. The van der Waals surface area contributed by atoms with Crippen LogP contribution in [0.2, 0.25) is 0 Å². The van der Waals surface area contributed by atoms with Gasteiger partial charge in [0.15, 0.2) is 6.61 Å². The lowest BCUT2D eigenvalue weighted by Crippen LogP contribution is -2.38. The molecule has 5 nitrogen and oxygen atoms in total. The quantitative estimate of drug-likeness (QED) is 0.811. The largest absolute Gasteiger partial charge is 0.497 e. The number of esters is 1. The summed E-state index contributed by atoms with van der Waals surface area (Å²) in [5.41, 5.74) is 2.39. The van der Waals surface area contributed by atoms with Crippen LogP contribution >= 0.6 is 0 Å². The molecule has 0 N–H and O–H groups in total. The fraction of sp³-hybridized carbons (Fsp3) is 0.263. The van der Waals surface area contributed by atoms with E-state index in [9.17, 15) is 9.59 Å². The molecule has 1 aliphatic rings. The molecule has 124 valence electrons. The predicted molar refractivity (Wildman–Crippen MR) is 90.4 cm³/mol. The molecular weight excluding hydrogens is 306 g/mol. The van der Waals surface area contributed by atoms with Crippen LogP contribution in [0.5, 0.6) is 5.75 Å². The Hall–Kier alpha value is -2.82. The first-order valence-electron chi connectivity index (χ1n) is 7.81. The number of carbonyl (C=O) groups is 2. The smallest absolute Gasteiger partial charge is 0.338 e. The summed E-state index contributed by atoms with van der Waals surface area (Å²) in [6.45, 7) is 1.70. The van der Waals surface area contributed by atoms with Crippen LogP contribution in [0, 0.1) is 0 Å². The molecule has 2 aromatic carbocycles. The number of ether oxygens (including phenoxy) is 2. The highest BCUT2D eigenvalue weighted by molar-refractivity contribution is 5.99. The van der Waals surface area contributed by atoms with Crippen LogP contribution in [0.3, 0.4) is 0 Å². The molecule has 24 heavy (non-hydrogen) atoms. The van der Waals surface area contributed by atoms with Crippen LogP contribution in [0.4, 0.5) is 5.69 Å². The van der Waals surface area contributed by atoms with Crippen molar-refractivity contribution in [1.82, 2.24) is 0 Å². The zero-order valence-electron chi connectivity index (χ0n) is 13.7. The molecule has 1 heterocycles. The maximum atomic E-state index is 12.5. The lowest BCUT2D eigenvalue weighted by atomic mass is 10.1. The van der Waals surface area contributed by atoms with E-state index in [2.05, 4.69) is 0 Å². The van der Waals surface area contributed by atoms with Crippen molar-refractivity contribution in [3.63, 3.8) is 0 Å². The summed E-state index contributed by atoms with van der Waals surface area (Å²) in [7, 11) is 1.53. The normalized spacial score (nSPS) is 15.8. The van der Waals surface area contributed by atoms with E-state index in [1.807, 2.05) is 31.2 Å². The maximum Gasteiger partial charge on any atom is 0.338 e. The predicted octanol–water partition coefficient (Wildman–Crippen LogP) is 2.83. The number of rotatable bonds is 4. The maximum absolute atomic E-state index is 12.5. The van der Waals surface area contributed by atoms with E-state index in [1.54, 1.807) is 29.2 Å². The Balaban J connectivity index is 1.66. The summed E-state index contributed by atoms with van der Waals surface area (Å²) in [4.78, 5) is 26.3. The molecule has 0 aliphatic carbocycles. The summed E-state index contributed by atoms with van der Waals surface area (Å²) in [6, 6.07) is 14.5. The fourth-order valence-corrected chi connectivity index (χ4v) is 2.98. The third-order valence-electron chi connectivity index (χ3n) is 4.11. The Morgan fingerprint density at radius 1 is 1.17 bits per heavy atom. The minimum absolute atomic E-state index is 0.0606. The van der Waals surface area contributed by atoms with Crippen molar-refractivity contribution < 1.29 is 19.1 Å². The lowest BCUT2D eigenvalue weighted by Gasteiger charge is -2.22. The highest BCUT2D eigenvalue weighted by Crippen LogP contribution is 2.31. The number of methoxy groups -OCH3 is 1. The topological polar surface area (TPSA) is 55.8 Å². The van der Waals surface area contributed by atoms with Gasteiger partial charge in [0.05, 0.1) is 12.7 Å². The summed E-state index contributed by atoms with van der Waals surface area (Å²) >= 11 is 0. The second-order valence-electron chi connectivity index (χ2n) is 5.75. The van der Waals surface area contributed by atoms with Gasteiger partial charge in [-0.05, 0) is 43.2 Å². The van der Waals surface area contributed by atoms with Crippen LogP contribution in [-0.2, 0) is 16.0 Å². The Kier molecular flexibility index (Phi) is 4.51. The number of para-hydroxylation sites is 1. The highest BCUT2D eigenvalue weighted by atomic mass is 16.5. The van der Waals surface area contributed by atoms with E-state index in [4.69, 9.17) is 9.47 Å². The Bertz CT molecular complexity index is 771. The number of fused-ring (bicyclic) bond motifs is 1. The molecular formula is C19H19NO4. The standard InChI is InChI=1S/C19H19NO4/c1-13-10-14-6-3-4-9-17(14)20(13)18(21)12-24-19(22)15-7-5-8-16(11-15)23-2/h3-9,11,13H,10,12H2,1-2H3/t13-/m0/s1. The number of nitrogens with zero attached hydrogens (tertiary/aromatic N) is 1. The van der Waals surface area contributed by atoms with Crippen LogP contribution in [-0.4, -0.2) is 31.6 Å². The molecule has 2 aromatic rings. The first kappa shape index (κ1) is 16.1. The number of carbonyl (C=O) groups excluding carboxylic acids is 2. The van der Waals surface area contributed by atoms with E-state index in [0.29, 0.717) is 11.3 Å². The SMILES string of the molecule is COc1cccc(C(=O)OCC(=O)N2c3ccccc3C[C@@H]2C)c1. The highest BCUT2D eigenvalue weighted by Gasteiger charge is 2.31. The van der Waals surface area contributed by atoms with Gasteiger partial charge in [0, 0.05) is 11.7 Å². The minimum atomic E-state index is -0.539. The molecule has 1 aliphatic heterocycles. The third kappa shape index (κ3) is 3.11. The van der Waals surface area contributed by atoms with Crippen molar-refractivity contribution in [3.05, 3.63) is 59.7 Å². The van der Waals surface area contributed by atoms with Crippen molar-refractivity contribution in [2.45, 2.75) is 19.4 Å². The second-order valence-corrected chi connectivity index (χ2v) is 5.75. The summed E-state index contributed by atoms with van der Waals surface area (Å²) in [6.07, 6.45) is 0.811. The van der Waals surface area contributed by atoms with Crippen molar-refractivity contribution in [3.8, 4) is 5.75 Å². The molecule has 5 heteroatoms. The second kappa shape index (κ2) is 6.74. The van der Waals surface area contributed by atoms with Gasteiger partial charge < -0.3 is 14.4 Å². The molecule has 0 fully saturated rings. The first-order chi connectivity index (χ1) is 11.6. The minimum Gasteiger partial charge on any atom is -0.497 e. The van der Waals surface area contributed by atoms with Crippen LogP contribution in [0.1, 0.15) is 22.8 Å². The van der Waals surface area contributed by atoms with Crippen molar-refractivity contribution in [2.75, 3.05) is 18.6 Å². The van der Waals surface area contributed by atoms with Gasteiger partial charge in [0.25, 0.3) is 5.91 Å². The van der Waals surface area contributed by atoms with Crippen LogP contribution < -0.4 is 9.64 Å². The lowest BCUT2D eigenvalue weighted by molar-refractivity contribution is -0.122. The molecule has 0 saturated carbocycles. The van der Waals surface area contributed by atoms with E-state index in [0.717, 1.165) is 17.7 Å². The fourth-order valence-electron chi connectivity index (χ4n) is 2.98. The molecule has 0 bridgehead atoms. The summed E-state index contributed by atoms with van der Waals surface area (Å²) in [5, 5.41) is 0. The Labute approximate surface area is 140 Å². The van der Waals surface area contributed by atoms with Crippen molar-refractivity contribution >= 4 is 17.6 Å². The zero-order chi connectivity index (χ0) is 17.1. The number of benzene rings is 2. The molecule has 1 atom stereocenters. The number of amides is 1. The zero-order valence-corrected chi connectivity index (χ0v) is 13.7. The van der Waals surface area contributed by atoms with Gasteiger partial charge in [-0.1, -0.05) is 24.3 Å². The third-order valence-corrected chi connectivity index (χ3v) is 4.11. The first-order valence-corrected chi connectivity index (χ1v) is 7.81. The van der Waals surface area contributed by atoms with Gasteiger partial charge in [-0.15, -0.1) is 0 Å². The van der Waals surface area contributed by atoms with Gasteiger partial charge in [0.1, 0.15) is 5.75 Å². The molecule has 1 amide bonds. The summed E-state index contributed by atoms with van der Waals surface area (Å²) in [5.74, 6) is -0.191. The monoisotopic (exact) mass is 325 g/mol. The number of anilines is 1. The molecule has 3 rings (SSSR count). The molecule has 0 radical (unpaired) electrons. The number of hydrogen-bond donors (Lipinski definition) is 0. The van der Waals surface area contributed by atoms with E-state index < -0.39 is 5.97 Å². The van der Waals surface area contributed by atoms with Gasteiger partial charge in [-0.2, -0.15) is 0 Å². The summed E-state index contributed by atoms with van der Waals surface area (Å²) < 4.78 is 10.3. The van der Waals surface area contributed by atoms with Crippen LogP contribution in [0.15, 0.2) is 48.5 Å².